The molecule has 1 aromatic heterocycles. The van der Waals surface area contributed by atoms with Crippen LogP contribution in [0.1, 0.15) is 26.3 Å². The molecule has 0 bridgehead atoms. The number of carboxylic acids is 1. The molecular formula is C30H36Cl2N6O6S. The normalized spacial score (nSPS) is 13.1. The predicted octanol–water partition coefficient (Wildman–Crippen LogP) is 4.47. The lowest BCUT2D eigenvalue weighted by Crippen LogP contribution is -2.39. The minimum Gasteiger partial charge on any atom is -0.480 e. The van der Waals surface area contributed by atoms with Gasteiger partial charge in [0.1, 0.15) is 24.5 Å². The van der Waals surface area contributed by atoms with Gasteiger partial charge in [-0.1, -0.05) is 23.2 Å². The van der Waals surface area contributed by atoms with Gasteiger partial charge in [0.25, 0.3) is 10.0 Å². The molecule has 0 aliphatic carbocycles. The Hall–Kier alpha value is -3.65. The Kier molecular flexibility index (Phi) is 10.5. The summed E-state index contributed by atoms with van der Waals surface area (Å²) in [6, 6.07) is 10.5. The Balaban J connectivity index is 1.64. The second-order valence-corrected chi connectivity index (χ2v) is 14.5. The average molecular weight is 680 g/mol. The number of carboxylic acid groups (broad SMARTS) is 1. The van der Waals surface area contributed by atoms with Gasteiger partial charge in [-0.05, 0) is 89.3 Å². The van der Waals surface area contributed by atoms with Gasteiger partial charge in [0.2, 0.25) is 5.95 Å². The standard InChI is InChI=1S/C30H36Cl2N6O6S/c1-30(2,3)44-28(41)19-36(13-12-35(4)5)26-8-10-33-29(34-26)37-11-9-20-14-23(6-7-25(20)37)38(18-27(39)40)45(42,43)24-16-21(31)15-22(32)17-24/h6-8,10,14-17H,9,11-13,18-19H2,1-5H3,(H,39,40). The Morgan fingerprint density at radius 1 is 1.02 bits per heavy atom. The molecule has 0 unspecified atom stereocenters. The number of ether oxygens (including phenoxy) is 1. The highest BCUT2D eigenvalue weighted by molar-refractivity contribution is 7.92. The molecule has 2 aromatic carbocycles. The second kappa shape index (κ2) is 13.8. The van der Waals surface area contributed by atoms with Crippen LogP contribution in [-0.2, 0) is 30.8 Å². The summed E-state index contributed by atoms with van der Waals surface area (Å²) >= 11 is 12.1. The summed E-state index contributed by atoms with van der Waals surface area (Å²) in [7, 11) is -0.439. The lowest BCUT2D eigenvalue weighted by atomic mass is 10.1. The van der Waals surface area contributed by atoms with E-state index in [9.17, 15) is 23.1 Å². The van der Waals surface area contributed by atoms with Gasteiger partial charge in [0.15, 0.2) is 0 Å². The third kappa shape index (κ3) is 8.75. The van der Waals surface area contributed by atoms with Crippen molar-refractivity contribution in [3.63, 3.8) is 0 Å². The molecule has 0 amide bonds. The fourth-order valence-corrected chi connectivity index (χ4v) is 6.90. The van der Waals surface area contributed by atoms with E-state index >= 15 is 0 Å². The first-order chi connectivity index (χ1) is 21.0. The summed E-state index contributed by atoms with van der Waals surface area (Å²) in [5.41, 5.74) is 1.09. The van der Waals surface area contributed by atoms with Crippen molar-refractivity contribution in [1.29, 1.82) is 0 Å². The highest BCUT2D eigenvalue weighted by Crippen LogP contribution is 2.37. The molecule has 0 spiro atoms. The maximum absolute atomic E-state index is 13.6. The monoisotopic (exact) mass is 678 g/mol. The number of halogens is 2. The van der Waals surface area contributed by atoms with Crippen LogP contribution in [-0.4, -0.2) is 92.8 Å². The molecule has 12 nitrogen and oxygen atoms in total. The van der Waals surface area contributed by atoms with Gasteiger partial charge in [-0.15, -0.1) is 0 Å². The summed E-state index contributed by atoms with van der Waals surface area (Å²) in [4.78, 5) is 39.2. The SMILES string of the molecule is CN(C)CCN(CC(=O)OC(C)(C)C)c1ccnc(N2CCc3cc(N(CC(=O)O)S(=O)(=O)c4cc(Cl)cc(Cl)c4)ccc32)n1. The zero-order chi connectivity index (χ0) is 33.1. The van der Waals surface area contributed by atoms with E-state index in [2.05, 4.69) is 4.98 Å². The molecular weight excluding hydrogens is 643 g/mol. The molecule has 4 rings (SSSR count). The number of fused-ring (bicyclic) bond motifs is 1. The molecule has 15 heteroatoms. The molecule has 0 atom stereocenters. The third-order valence-corrected chi connectivity index (χ3v) is 8.89. The number of esters is 1. The smallest absolute Gasteiger partial charge is 0.326 e. The molecule has 0 saturated heterocycles. The van der Waals surface area contributed by atoms with Crippen molar-refractivity contribution in [2.75, 3.05) is 60.9 Å². The van der Waals surface area contributed by atoms with Gasteiger partial charge >= 0.3 is 11.9 Å². The van der Waals surface area contributed by atoms with E-state index in [1.165, 1.54) is 18.2 Å². The van der Waals surface area contributed by atoms with E-state index in [1.807, 2.05) is 49.6 Å². The van der Waals surface area contributed by atoms with Crippen LogP contribution in [0.4, 0.5) is 23.1 Å². The van der Waals surface area contributed by atoms with E-state index < -0.39 is 28.1 Å². The first kappa shape index (κ1) is 34.2. The van der Waals surface area contributed by atoms with Crippen molar-refractivity contribution in [1.82, 2.24) is 14.9 Å². The van der Waals surface area contributed by atoms with E-state index in [1.54, 1.807) is 30.5 Å². The summed E-state index contributed by atoms with van der Waals surface area (Å²) in [5, 5.41) is 9.79. The largest absolute Gasteiger partial charge is 0.480 e. The number of carbonyl (C=O) groups excluding carboxylic acids is 1. The van der Waals surface area contributed by atoms with Gasteiger partial charge in [0, 0.05) is 41.6 Å². The summed E-state index contributed by atoms with van der Waals surface area (Å²) in [6.45, 7) is 6.35. The van der Waals surface area contributed by atoms with Crippen LogP contribution in [0.2, 0.25) is 10.0 Å². The Labute approximate surface area is 273 Å². The molecule has 3 aromatic rings. The number of sulfonamides is 1. The van der Waals surface area contributed by atoms with Gasteiger partial charge in [-0.2, -0.15) is 4.98 Å². The minimum atomic E-state index is -4.33. The van der Waals surface area contributed by atoms with Crippen LogP contribution in [0.15, 0.2) is 53.6 Å². The van der Waals surface area contributed by atoms with E-state index in [4.69, 9.17) is 32.9 Å². The molecule has 2 heterocycles. The topological polar surface area (TPSA) is 136 Å². The summed E-state index contributed by atoms with van der Waals surface area (Å²) < 4.78 is 33.5. The zero-order valence-corrected chi connectivity index (χ0v) is 28.0. The Morgan fingerprint density at radius 3 is 2.33 bits per heavy atom. The molecule has 1 aliphatic heterocycles. The van der Waals surface area contributed by atoms with Crippen LogP contribution in [0, 0.1) is 0 Å². The van der Waals surface area contributed by atoms with Gasteiger partial charge in [-0.25, -0.2) is 13.4 Å². The van der Waals surface area contributed by atoms with Crippen molar-refractivity contribution < 1.29 is 27.9 Å². The van der Waals surface area contributed by atoms with Crippen LogP contribution >= 0.6 is 23.2 Å². The highest BCUT2D eigenvalue weighted by atomic mass is 35.5. The molecule has 1 N–H and O–H groups in total. The molecule has 0 fully saturated rings. The lowest BCUT2D eigenvalue weighted by molar-refractivity contribution is -0.153. The van der Waals surface area contributed by atoms with Gasteiger partial charge in [0.05, 0.1) is 10.6 Å². The molecule has 45 heavy (non-hydrogen) atoms. The maximum atomic E-state index is 13.6. The molecule has 0 radical (unpaired) electrons. The number of hydrogen-bond acceptors (Lipinski definition) is 10. The molecule has 242 valence electrons. The molecule has 1 aliphatic rings. The molecule has 0 saturated carbocycles. The third-order valence-electron chi connectivity index (χ3n) is 6.70. The summed E-state index contributed by atoms with van der Waals surface area (Å²) in [5.74, 6) is -0.746. The first-order valence-corrected chi connectivity index (χ1v) is 16.3. The number of hydrogen-bond donors (Lipinski definition) is 1. The number of rotatable bonds is 12. The van der Waals surface area contributed by atoms with Crippen molar-refractivity contribution >= 4 is 68.3 Å². The number of nitrogens with zero attached hydrogens (tertiary/aromatic N) is 6. The number of carbonyl (C=O) groups is 2. The minimum absolute atomic E-state index is 0.00718. The number of likely N-dealkylation sites (N-methyl/N-ethyl adjacent to an activating group) is 1. The van der Waals surface area contributed by atoms with E-state index in [0.717, 1.165) is 15.6 Å². The van der Waals surface area contributed by atoms with Crippen molar-refractivity contribution in [3.05, 3.63) is 64.3 Å². The predicted molar refractivity (Wildman–Crippen MR) is 174 cm³/mol. The quantitative estimate of drug-likeness (QED) is 0.272. The van der Waals surface area contributed by atoms with Crippen LogP contribution in [0.3, 0.4) is 0 Å². The van der Waals surface area contributed by atoms with Crippen LogP contribution in [0.25, 0.3) is 0 Å². The first-order valence-electron chi connectivity index (χ1n) is 14.1. The number of aromatic nitrogens is 2. The van der Waals surface area contributed by atoms with Crippen LogP contribution < -0.4 is 14.1 Å². The zero-order valence-electron chi connectivity index (χ0n) is 25.7. The van der Waals surface area contributed by atoms with Crippen LogP contribution in [0.5, 0.6) is 0 Å². The maximum Gasteiger partial charge on any atom is 0.326 e. The van der Waals surface area contributed by atoms with Gasteiger partial charge in [-0.3, -0.25) is 13.9 Å². The fourth-order valence-electron chi connectivity index (χ4n) is 4.76. The highest BCUT2D eigenvalue weighted by Gasteiger charge is 2.31. The lowest BCUT2D eigenvalue weighted by Gasteiger charge is -2.28. The number of anilines is 4. The average Bonchev–Trinajstić information content (AvgIpc) is 3.35. The Morgan fingerprint density at radius 2 is 1.71 bits per heavy atom. The van der Waals surface area contributed by atoms with E-state index in [0.29, 0.717) is 37.8 Å². The van der Waals surface area contributed by atoms with Gasteiger partial charge < -0.3 is 24.5 Å². The van der Waals surface area contributed by atoms with E-state index in [-0.39, 0.29) is 33.1 Å². The number of benzene rings is 2. The second-order valence-electron chi connectivity index (χ2n) is 11.8. The Bertz CT molecular complexity index is 1660. The summed E-state index contributed by atoms with van der Waals surface area (Å²) in [6.07, 6.45) is 2.15. The number of aliphatic carboxylic acids is 1. The van der Waals surface area contributed by atoms with Crippen molar-refractivity contribution in [3.8, 4) is 0 Å². The fraction of sp³-hybridized carbons (Fsp3) is 0.400. The van der Waals surface area contributed by atoms with Crippen molar-refractivity contribution in [2.24, 2.45) is 0 Å². The van der Waals surface area contributed by atoms with Crippen molar-refractivity contribution in [2.45, 2.75) is 37.7 Å².